The van der Waals surface area contributed by atoms with Crippen LogP contribution in [-0.2, 0) is 9.59 Å². The highest BCUT2D eigenvalue weighted by Crippen LogP contribution is 2.46. The molecule has 30 heavy (non-hydrogen) atoms. The van der Waals surface area contributed by atoms with Gasteiger partial charge in [-0.25, -0.2) is 4.52 Å². The summed E-state index contributed by atoms with van der Waals surface area (Å²) in [4.78, 5) is 39.5. The largest absolute Gasteiger partial charge is 0.355 e. The van der Waals surface area contributed by atoms with E-state index >= 15 is 0 Å². The van der Waals surface area contributed by atoms with Crippen molar-refractivity contribution in [2.24, 2.45) is 16.7 Å². The molecular weight excluding hydrogens is 382 g/mol. The highest BCUT2D eigenvalue weighted by atomic mass is 16.2. The fourth-order valence-electron chi connectivity index (χ4n) is 4.63. The van der Waals surface area contributed by atoms with Crippen LogP contribution in [0.4, 0.5) is 0 Å². The highest BCUT2D eigenvalue weighted by molar-refractivity contribution is 6.05. The van der Waals surface area contributed by atoms with Crippen LogP contribution in [0.5, 0.6) is 0 Å². The van der Waals surface area contributed by atoms with E-state index in [9.17, 15) is 14.4 Å². The Kier molecular flexibility index (Phi) is 4.83. The summed E-state index contributed by atoms with van der Waals surface area (Å²) >= 11 is 0. The van der Waals surface area contributed by atoms with Gasteiger partial charge in [-0.1, -0.05) is 13.8 Å². The second-order valence-electron chi connectivity index (χ2n) is 9.38. The molecule has 0 bridgehead atoms. The minimum atomic E-state index is -0.972. The molecule has 3 unspecified atom stereocenters. The number of hydrogen-bond acceptors (Lipinski definition) is 4. The topological polar surface area (TPSA) is 95.8 Å². The Bertz CT molecular complexity index is 1010. The third kappa shape index (κ3) is 3.14. The Labute approximate surface area is 176 Å². The predicted octanol–water partition coefficient (Wildman–Crippen LogP) is 1.46. The lowest BCUT2D eigenvalue weighted by Gasteiger charge is -2.52. The van der Waals surface area contributed by atoms with Crippen LogP contribution < -0.4 is 10.6 Å². The molecule has 1 aliphatic carbocycles. The van der Waals surface area contributed by atoms with E-state index in [1.54, 1.807) is 35.6 Å². The molecule has 3 heterocycles. The van der Waals surface area contributed by atoms with Gasteiger partial charge in [-0.05, 0) is 49.3 Å². The maximum atomic E-state index is 12.8. The third-order valence-electron chi connectivity index (χ3n) is 7.23. The monoisotopic (exact) mass is 411 g/mol. The first-order valence-corrected chi connectivity index (χ1v) is 10.4. The normalized spacial score (nSPS) is 27.7. The van der Waals surface area contributed by atoms with Crippen molar-refractivity contribution in [3.8, 4) is 0 Å². The number of likely N-dealkylation sites (tertiary alicyclic amines) is 1. The van der Waals surface area contributed by atoms with Gasteiger partial charge in [0.25, 0.3) is 5.91 Å². The van der Waals surface area contributed by atoms with Crippen molar-refractivity contribution in [3.63, 3.8) is 0 Å². The van der Waals surface area contributed by atoms with Gasteiger partial charge in [-0.15, -0.1) is 0 Å². The van der Waals surface area contributed by atoms with Gasteiger partial charge >= 0.3 is 0 Å². The van der Waals surface area contributed by atoms with Crippen LogP contribution in [0.1, 0.15) is 44.0 Å². The van der Waals surface area contributed by atoms with Gasteiger partial charge in [0.15, 0.2) is 0 Å². The third-order valence-corrected chi connectivity index (χ3v) is 7.23. The van der Waals surface area contributed by atoms with Crippen LogP contribution in [0.2, 0.25) is 0 Å². The Morgan fingerprint density at radius 3 is 2.70 bits per heavy atom. The standard InChI is InChI=1S/C22H29N5O3/c1-21(2)14(13-23-19(29)22(3)8-11-26(4)20(22)30)12-17(21)25-18(28)15-6-5-10-27-16(15)7-9-24-27/h5-7,9-10,14,17H,8,11-13H2,1-4H3,(H,23,29)(H,25,28). The lowest BCUT2D eigenvalue weighted by Crippen LogP contribution is -2.61. The summed E-state index contributed by atoms with van der Waals surface area (Å²) in [5.74, 6) is -0.205. The molecule has 0 aromatic carbocycles. The van der Waals surface area contributed by atoms with Crippen molar-refractivity contribution < 1.29 is 14.4 Å². The van der Waals surface area contributed by atoms with E-state index in [2.05, 4.69) is 29.6 Å². The maximum absolute atomic E-state index is 12.8. The number of hydrogen-bond donors (Lipinski definition) is 2. The van der Waals surface area contributed by atoms with E-state index in [0.29, 0.717) is 25.1 Å². The zero-order valence-electron chi connectivity index (χ0n) is 17.9. The molecule has 3 amide bonds. The highest BCUT2D eigenvalue weighted by Gasteiger charge is 2.51. The van der Waals surface area contributed by atoms with E-state index in [0.717, 1.165) is 11.9 Å². The van der Waals surface area contributed by atoms with Crippen molar-refractivity contribution >= 4 is 23.2 Å². The Morgan fingerprint density at radius 2 is 2.03 bits per heavy atom. The molecule has 1 aliphatic heterocycles. The number of amides is 3. The molecule has 8 heteroatoms. The molecule has 160 valence electrons. The molecule has 8 nitrogen and oxygen atoms in total. The predicted molar refractivity (Wildman–Crippen MR) is 112 cm³/mol. The molecular formula is C22H29N5O3. The van der Waals surface area contributed by atoms with Gasteiger partial charge < -0.3 is 15.5 Å². The van der Waals surface area contributed by atoms with E-state index < -0.39 is 5.41 Å². The zero-order chi connectivity index (χ0) is 21.7. The van der Waals surface area contributed by atoms with Crippen molar-refractivity contribution in [1.82, 2.24) is 25.1 Å². The first kappa shape index (κ1) is 20.4. The van der Waals surface area contributed by atoms with Crippen molar-refractivity contribution in [3.05, 3.63) is 36.2 Å². The van der Waals surface area contributed by atoms with Crippen LogP contribution in [0, 0.1) is 16.7 Å². The fourth-order valence-corrected chi connectivity index (χ4v) is 4.63. The van der Waals surface area contributed by atoms with Gasteiger partial charge in [0.2, 0.25) is 11.8 Å². The first-order valence-electron chi connectivity index (χ1n) is 10.4. The quantitative estimate of drug-likeness (QED) is 0.728. The van der Waals surface area contributed by atoms with E-state index in [4.69, 9.17) is 0 Å². The van der Waals surface area contributed by atoms with Crippen molar-refractivity contribution in [2.75, 3.05) is 20.1 Å². The summed E-state index contributed by atoms with van der Waals surface area (Å²) in [6.45, 7) is 7.04. The molecule has 1 saturated heterocycles. The maximum Gasteiger partial charge on any atom is 0.253 e. The van der Waals surface area contributed by atoms with E-state index in [1.807, 2.05) is 18.3 Å². The van der Waals surface area contributed by atoms with Gasteiger partial charge in [0, 0.05) is 32.4 Å². The number of aromatic nitrogens is 2. The minimum absolute atomic E-state index is 0.0184. The zero-order valence-corrected chi connectivity index (χ0v) is 17.9. The van der Waals surface area contributed by atoms with Crippen LogP contribution in [0.25, 0.3) is 5.52 Å². The van der Waals surface area contributed by atoms with Crippen LogP contribution >= 0.6 is 0 Å². The summed E-state index contributed by atoms with van der Waals surface area (Å²) < 4.78 is 1.68. The number of nitrogens with zero attached hydrogens (tertiary/aromatic N) is 3. The number of nitrogens with one attached hydrogen (secondary N) is 2. The van der Waals surface area contributed by atoms with Crippen molar-refractivity contribution in [2.45, 2.75) is 39.7 Å². The number of pyridine rings is 1. The fraction of sp³-hybridized carbons (Fsp3) is 0.545. The van der Waals surface area contributed by atoms with Gasteiger partial charge in [0.1, 0.15) is 5.41 Å². The average molecular weight is 412 g/mol. The minimum Gasteiger partial charge on any atom is -0.355 e. The number of carbonyl (C=O) groups is 3. The summed E-state index contributed by atoms with van der Waals surface area (Å²) in [6, 6.07) is 5.44. The van der Waals surface area contributed by atoms with Gasteiger partial charge in [-0.2, -0.15) is 5.10 Å². The molecule has 3 atom stereocenters. The number of carbonyl (C=O) groups excluding carboxylic acids is 3. The molecule has 2 aliphatic rings. The van der Waals surface area contributed by atoms with Crippen LogP contribution in [0.15, 0.2) is 30.6 Å². The Morgan fingerprint density at radius 1 is 1.27 bits per heavy atom. The molecule has 2 fully saturated rings. The van der Waals surface area contributed by atoms with E-state index in [-0.39, 0.29) is 35.1 Å². The molecule has 2 N–H and O–H groups in total. The van der Waals surface area contributed by atoms with Crippen LogP contribution in [-0.4, -0.2) is 58.4 Å². The van der Waals surface area contributed by atoms with E-state index in [1.165, 1.54) is 0 Å². The molecule has 2 aromatic rings. The summed E-state index contributed by atoms with van der Waals surface area (Å²) in [5.41, 5.74) is 0.237. The second kappa shape index (κ2) is 7.11. The molecule has 2 aromatic heterocycles. The summed E-state index contributed by atoms with van der Waals surface area (Å²) in [5, 5.41) is 10.3. The first-order chi connectivity index (χ1) is 14.1. The lowest BCUT2D eigenvalue weighted by molar-refractivity contribution is -0.144. The average Bonchev–Trinajstić information content (AvgIpc) is 3.30. The van der Waals surface area contributed by atoms with Gasteiger partial charge in [-0.3, -0.25) is 14.4 Å². The number of rotatable bonds is 5. The summed E-state index contributed by atoms with van der Waals surface area (Å²) in [6.07, 6.45) is 4.81. The number of fused-ring (bicyclic) bond motifs is 1. The van der Waals surface area contributed by atoms with Crippen LogP contribution in [0.3, 0.4) is 0 Å². The molecule has 4 rings (SSSR count). The van der Waals surface area contributed by atoms with Crippen molar-refractivity contribution in [1.29, 1.82) is 0 Å². The Balaban J connectivity index is 1.35. The van der Waals surface area contributed by atoms with Gasteiger partial charge in [0.05, 0.1) is 17.3 Å². The molecule has 0 spiro atoms. The Hall–Kier alpha value is -2.90. The lowest BCUT2D eigenvalue weighted by atomic mass is 9.58. The summed E-state index contributed by atoms with van der Waals surface area (Å²) in [7, 11) is 1.73. The molecule has 0 radical (unpaired) electrons. The smallest absolute Gasteiger partial charge is 0.253 e. The second-order valence-corrected chi connectivity index (χ2v) is 9.38. The molecule has 1 saturated carbocycles. The SMILES string of the molecule is CN1CCC(C)(C(=O)NCC2CC(NC(=O)c3cccn4nccc34)C2(C)C)C1=O.